The highest BCUT2D eigenvalue weighted by molar-refractivity contribution is 8.00. The van der Waals surface area contributed by atoms with Crippen LogP contribution in [-0.2, 0) is 4.79 Å². The van der Waals surface area contributed by atoms with Crippen LogP contribution < -0.4 is 5.32 Å². The molecule has 0 unspecified atom stereocenters. The van der Waals surface area contributed by atoms with Gasteiger partial charge in [0, 0.05) is 11.4 Å². The average Bonchev–Trinajstić information content (AvgIpc) is 3.38. The highest BCUT2D eigenvalue weighted by Crippen LogP contribution is 2.30. The Kier molecular flexibility index (Phi) is 5.48. The first-order valence-corrected chi connectivity index (χ1v) is 10.1. The first-order valence-electron chi connectivity index (χ1n) is 9.21. The van der Waals surface area contributed by atoms with Gasteiger partial charge in [0.05, 0.1) is 11.5 Å². The third kappa shape index (κ3) is 4.25. The van der Waals surface area contributed by atoms with Crippen LogP contribution in [0.2, 0.25) is 0 Å². The number of nitrogens with one attached hydrogen (secondary N) is 1. The zero-order chi connectivity index (χ0) is 20.2. The van der Waals surface area contributed by atoms with E-state index in [4.69, 9.17) is 4.42 Å². The Morgan fingerprint density at radius 2 is 1.90 bits per heavy atom. The normalized spacial score (nSPS) is 11.9. The standard InChI is InChI=1S/C22H20N4O2S/c1-15-8-6-9-17(14-15)23-21(27)16(2)29-22-25-24-20(19-12-7-13-28-19)26(22)18-10-4-3-5-11-18/h3-14,16H,1-2H3,(H,23,27)/t16-/m0/s1. The molecule has 2 aromatic heterocycles. The van der Waals surface area contributed by atoms with Gasteiger partial charge in [0.15, 0.2) is 10.9 Å². The van der Waals surface area contributed by atoms with E-state index < -0.39 is 0 Å². The fourth-order valence-corrected chi connectivity index (χ4v) is 3.77. The number of rotatable bonds is 6. The van der Waals surface area contributed by atoms with Gasteiger partial charge in [-0.2, -0.15) is 0 Å². The summed E-state index contributed by atoms with van der Waals surface area (Å²) < 4.78 is 7.43. The van der Waals surface area contributed by atoms with Gasteiger partial charge in [-0.3, -0.25) is 9.36 Å². The van der Waals surface area contributed by atoms with E-state index in [0.717, 1.165) is 16.9 Å². The van der Waals surface area contributed by atoms with E-state index in [1.807, 2.05) is 85.1 Å². The van der Waals surface area contributed by atoms with Gasteiger partial charge in [-0.25, -0.2) is 0 Å². The molecule has 0 fully saturated rings. The monoisotopic (exact) mass is 404 g/mol. The van der Waals surface area contributed by atoms with Crippen LogP contribution in [0.25, 0.3) is 17.3 Å². The van der Waals surface area contributed by atoms with Crippen LogP contribution in [0.15, 0.2) is 82.6 Å². The second-order valence-corrected chi connectivity index (χ2v) is 7.88. The molecule has 0 spiro atoms. The molecule has 4 rings (SSSR count). The Morgan fingerprint density at radius 1 is 1.07 bits per heavy atom. The van der Waals surface area contributed by atoms with Crippen molar-refractivity contribution in [3.8, 4) is 17.3 Å². The number of anilines is 1. The maximum atomic E-state index is 12.7. The summed E-state index contributed by atoms with van der Waals surface area (Å²) >= 11 is 1.35. The van der Waals surface area contributed by atoms with Crippen LogP contribution in [0, 0.1) is 6.92 Å². The van der Waals surface area contributed by atoms with E-state index in [2.05, 4.69) is 15.5 Å². The van der Waals surface area contributed by atoms with Crippen LogP contribution in [0.1, 0.15) is 12.5 Å². The van der Waals surface area contributed by atoms with Gasteiger partial charge in [0.2, 0.25) is 11.7 Å². The molecule has 0 bridgehead atoms. The summed E-state index contributed by atoms with van der Waals surface area (Å²) in [7, 11) is 0. The smallest absolute Gasteiger partial charge is 0.237 e. The summed E-state index contributed by atoms with van der Waals surface area (Å²) in [6.07, 6.45) is 1.60. The molecular formula is C22H20N4O2S. The van der Waals surface area contributed by atoms with E-state index in [0.29, 0.717) is 16.7 Å². The molecule has 1 atom stereocenters. The Hall–Kier alpha value is -3.32. The Labute approximate surface area is 173 Å². The van der Waals surface area contributed by atoms with E-state index in [1.54, 1.807) is 6.26 Å². The van der Waals surface area contributed by atoms with Crippen LogP contribution >= 0.6 is 11.8 Å². The number of amides is 1. The minimum absolute atomic E-state index is 0.0947. The lowest BCUT2D eigenvalue weighted by Gasteiger charge is -2.13. The molecule has 6 nitrogen and oxygen atoms in total. The number of carbonyl (C=O) groups excluding carboxylic acids is 1. The van der Waals surface area contributed by atoms with Crippen molar-refractivity contribution < 1.29 is 9.21 Å². The summed E-state index contributed by atoms with van der Waals surface area (Å²) in [5, 5.41) is 11.8. The van der Waals surface area contributed by atoms with Crippen LogP contribution in [-0.4, -0.2) is 25.9 Å². The molecule has 0 aliphatic heterocycles. The van der Waals surface area contributed by atoms with Crippen molar-refractivity contribution in [3.63, 3.8) is 0 Å². The minimum atomic E-state index is -0.369. The molecular weight excluding hydrogens is 384 g/mol. The number of nitrogens with zero attached hydrogens (tertiary/aromatic N) is 3. The predicted octanol–water partition coefficient (Wildman–Crippen LogP) is 4.96. The quantitative estimate of drug-likeness (QED) is 0.460. The SMILES string of the molecule is Cc1cccc(NC(=O)[C@H](C)Sc2nnc(-c3ccco3)n2-c2ccccc2)c1. The molecule has 1 N–H and O–H groups in total. The second-order valence-electron chi connectivity index (χ2n) is 6.57. The number of aryl methyl sites for hydroxylation is 1. The highest BCUT2D eigenvalue weighted by Gasteiger charge is 2.22. The molecule has 0 saturated carbocycles. The molecule has 4 aromatic rings. The molecule has 0 aliphatic carbocycles. The largest absolute Gasteiger partial charge is 0.461 e. The van der Waals surface area contributed by atoms with E-state index >= 15 is 0 Å². The lowest BCUT2D eigenvalue weighted by atomic mass is 10.2. The molecule has 0 aliphatic rings. The lowest BCUT2D eigenvalue weighted by molar-refractivity contribution is -0.115. The molecule has 146 valence electrons. The molecule has 1 amide bonds. The van der Waals surface area contributed by atoms with Gasteiger partial charge < -0.3 is 9.73 Å². The number of para-hydroxylation sites is 1. The van der Waals surface area contributed by atoms with Gasteiger partial charge in [-0.05, 0) is 55.8 Å². The maximum Gasteiger partial charge on any atom is 0.237 e. The number of benzene rings is 2. The van der Waals surface area contributed by atoms with Crippen molar-refractivity contribution in [1.29, 1.82) is 0 Å². The number of aromatic nitrogens is 3. The third-order valence-corrected chi connectivity index (χ3v) is 5.37. The van der Waals surface area contributed by atoms with Crippen molar-refractivity contribution in [3.05, 3.63) is 78.6 Å². The molecule has 0 saturated heterocycles. The van der Waals surface area contributed by atoms with Crippen molar-refractivity contribution in [2.45, 2.75) is 24.3 Å². The zero-order valence-corrected chi connectivity index (χ0v) is 16.9. The summed E-state index contributed by atoms with van der Waals surface area (Å²) in [6.45, 7) is 3.85. The van der Waals surface area contributed by atoms with E-state index in [1.165, 1.54) is 11.8 Å². The Morgan fingerprint density at radius 3 is 2.62 bits per heavy atom. The first-order chi connectivity index (χ1) is 14.1. The molecule has 2 aromatic carbocycles. The molecule has 7 heteroatoms. The summed E-state index contributed by atoms with van der Waals surface area (Å²) in [5.41, 5.74) is 2.77. The van der Waals surface area contributed by atoms with E-state index in [-0.39, 0.29) is 11.2 Å². The lowest BCUT2D eigenvalue weighted by Crippen LogP contribution is -2.22. The van der Waals surface area contributed by atoms with Crippen molar-refractivity contribution in [2.75, 3.05) is 5.32 Å². The predicted molar refractivity (Wildman–Crippen MR) is 114 cm³/mol. The van der Waals surface area contributed by atoms with Gasteiger partial charge >= 0.3 is 0 Å². The third-order valence-electron chi connectivity index (χ3n) is 4.33. The number of hydrogen-bond donors (Lipinski definition) is 1. The van der Waals surface area contributed by atoms with Gasteiger partial charge in [0.1, 0.15) is 0 Å². The first kappa shape index (κ1) is 19.0. The summed E-state index contributed by atoms with van der Waals surface area (Å²) in [6, 6.07) is 21.2. The van der Waals surface area contributed by atoms with Crippen molar-refractivity contribution in [1.82, 2.24) is 14.8 Å². The summed E-state index contributed by atoms with van der Waals surface area (Å²) in [4.78, 5) is 12.7. The van der Waals surface area contributed by atoms with Gasteiger partial charge in [0.25, 0.3) is 0 Å². The van der Waals surface area contributed by atoms with Crippen LogP contribution in [0.4, 0.5) is 5.69 Å². The average molecular weight is 404 g/mol. The fourth-order valence-electron chi connectivity index (χ4n) is 2.90. The fraction of sp³-hybridized carbons (Fsp3) is 0.136. The number of thioether (sulfide) groups is 1. The molecule has 0 radical (unpaired) electrons. The highest BCUT2D eigenvalue weighted by atomic mass is 32.2. The zero-order valence-electron chi connectivity index (χ0n) is 16.1. The minimum Gasteiger partial charge on any atom is -0.461 e. The number of furan rings is 1. The Bertz CT molecular complexity index is 1110. The van der Waals surface area contributed by atoms with E-state index in [9.17, 15) is 4.79 Å². The van der Waals surface area contributed by atoms with Crippen molar-refractivity contribution >= 4 is 23.4 Å². The van der Waals surface area contributed by atoms with Gasteiger partial charge in [-0.1, -0.05) is 42.1 Å². The molecule has 2 heterocycles. The van der Waals surface area contributed by atoms with Crippen LogP contribution in [0.5, 0.6) is 0 Å². The molecule has 29 heavy (non-hydrogen) atoms. The van der Waals surface area contributed by atoms with Gasteiger partial charge in [-0.15, -0.1) is 10.2 Å². The van der Waals surface area contributed by atoms with Crippen LogP contribution in [0.3, 0.4) is 0 Å². The topological polar surface area (TPSA) is 73.0 Å². The number of carbonyl (C=O) groups is 1. The maximum absolute atomic E-state index is 12.7. The van der Waals surface area contributed by atoms with Crippen molar-refractivity contribution in [2.24, 2.45) is 0 Å². The second kappa shape index (κ2) is 8.36. The number of hydrogen-bond acceptors (Lipinski definition) is 5. The Balaban J connectivity index is 1.60. The summed E-state index contributed by atoms with van der Waals surface area (Å²) in [5.74, 6) is 1.11.